The van der Waals surface area contributed by atoms with Crippen molar-refractivity contribution in [1.82, 2.24) is 9.97 Å². The lowest BCUT2D eigenvalue weighted by molar-refractivity contribution is -0.149. The van der Waals surface area contributed by atoms with Crippen molar-refractivity contribution in [3.8, 4) is 0 Å². The highest BCUT2D eigenvalue weighted by atomic mass is 32.2. The SMILES string of the molecule is CCOC(=O)C(C)(N)CCCSc1ccncn1. The third-order valence-corrected chi connectivity index (χ3v) is 3.42. The molecule has 0 aromatic carbocycles. The van der Waals surface area contributed by atoms with E-state index in [0.717, 1.165) is 17.2 Å². The molecule has 0 fully saturated rings. The van der Waals surface area contributed by atoms with Gasteiger partial charge in [-0.2, -0.15) is 0 Å². The zero-order valence-electron chi connectivity index (χ0n) is 10.8. The third-order valence-electron chi connectivity index (χ3n) is 2.39. The van der Waals surface area contributed by atoms with Crippen molar-refractivity contribution >= 4 is 17.7 Å². The quantitative estimate of drug-likeness (QED) is 0.351. The summed E-state index contributed by atoms with van der Waals surface area (Å²) in [5.41, 5.74) is 5.02. The summed E-state index contributed by atoms with van der Waals surface area (Å²) >= 11 is 1.63. The summed E-state index contributed by atoms with van der Waals surface area (Å²) < 4.78 is 4.93. The lowest BCUT2D eigenvalue weighted by atomic mass is 9.98. The van der Waals surface area contributed by atoms with Gasteiger partial charge in [-0.15, -0.1) is 11.8 Å². The maximum atomic E-state index is 11.6. The van der Waals surface area contributed by atoms with Gasteiger partial charge in [0.1, 0.15) is 11.9 Å². The van der Waals surface area contributed by atoms with Crippen molar-refractivity contribution < 1.29 is 9.53 Å². The predicted octanol–water partition coefficient (Wildman–Crippen LogP) is 1.63. The number of ether oxygens (including phenoxy) is 1. The predicted molar refractivity (Wildman–Crippen MR) is 71.2 cm³/mol. The molecule has 1 unspecified atom stereocenters. The molecule has 2 N–H and O–H groups in total. The van der Waals surface area contributed by atoms with Crippen LogP contribution in [0.5, 0.6) is 0 Å². The Morgan fingerprint density at radius 3 is 3.00 bits per heavy atom. The van der Waals surface area contributed by atoms with Crippen molar-refractivity contribution in [3.05, 3.63) is 18.6 Å². The number of nitrogens with zero attached hydrogens (tertiary/aromatic N) is 2. The summed E-state index contributed by atoms with van der Waals surface area (Å²) in [6.07, 6.45) is 4.67. The van der Waals surface area contributed by atoms with Gasteiger partial charge in [0.05, 0.1) is 11.6 Å². The van der Waals surface area contributed by atoms with E-state index < -0.39 is 5.54 Å². The van der Waals surface area contributed by atoms with Gasteiger partial charge in [0.2, 0.25) is 0 Å². The average Bonchev–Trinajstić information content (AvgIpc) is 2.36. The maximum absolute atomic E-state index is 11.6. The number of rotatable bonds is 7. The van der Waals surface area contributed by atoms with Crippen molar-refractivity contribution in [2.45, 2.75) is 37.3 Å². The highest BCUT2D eigenvalue weighted by Gasteiger charge is 2.29. The molecule has 0 aliphatic rings. The minimum absolute atomic E-state index is 0.336. The number of thioether (sulfide) groups is 1. The minimum Gasteiger partial charge on any atom is -0.465 e. The molecule has 0 saturated heterocycles. The second kappa shape index (κ2) is 7.33. The molecule has 0 saturated carbocycles. The van der Waals surface area contributed by atoms with Crippen LogP contribution in [0.15, 0.2) is 23.6 Å². The maximum Gasteiger partial charge on any atom is 0.325 e. The molecule has 0 bridgehead atoms. The largest absolute Gasteiger partial charge is 0.465 e. The van der Waals surface area contributed by atoms with Gasteiger partial charge in [-0.3, -0.25) is 4.79 Å². The van der Waals surface area contributed by atoms with E-state index in [9.17, 15) is 4.79 Å². The number of hydrogen-bond donors (Lipinski definition) is 1. The summed E-state index contributed by atoms with van der Waals surface area (Å²) in [6.45, 7) is 3.85. The average molecular weight is 269 g/mol. The lowest BCUT2D eigenvalue weighted by Gasteiger charge is -2.21. The van der Waals surface area contributed by atoms with Crippen LogP contribution in [0.1, 0.15) is 26.7 Å². The molecule has 0 radical (unpaired) electrons. The van der Waals surface area contributed by atoms with E-state index in [0.29, 0.717) is 13.0 Å². The molecule has 0 amide bonds. The second-order valence-corrected chi connectivity index (χ2v) is 5.25. The van der Waals surface area contributed by atoms with Crippen LogP contribution in [0.2, 0.25) is 0 Å². The second-order valence-electron chi connectivity index (χ2n) is 4.14. The summed E-state index contributed by atoms with van der Waals surface area (Å²) in [5, 5.41) is 0.930. The van der Waals surface area contributed by atoms with Crippen LogP contribution in [0.25, 0.3) is 0 Å². The highest BCUT2D eigenvalue weighted by molar-refractivity contribution is 7.99. The van der Waals surface area contributed by atoms with E-state index in [1.807, 2.05) is 6.07 Å². The molecule has 100 valence electrons. The molecule has 0 aliphatic heterocycles. The Balaban J connectivity index is 2.27. The zero-order valence-corrected chi connectivity index (χ0v) is 11.6. The van der Waals surface area contributed by atoms with Gasteiger partial charge >= 0.3 is 5.97 Å². The van der Waals surface area contributed by atoms with E-state index in [1.54, 1.807) is 31.8 Å². The van der Waals surface area contributed by atoms with E-state index in [1.165, 1.54) is 6.33 Å². The molecule has 6 heteroatoms. The number of carbonyl (C=O) groups excluding carboxylic acids is 1. The van der Waals surface area contributed by atoms with E-state index in [2.05, 4.69) is 9.97 Å². The minimum atomic E-state index is -0.901. The first-order valence-electron chi connectivity index (χ1n) is 5.91. The Labute approximate surface area is 112 Å². The van der Waals surface area contributed by atoms with Gasteiger partial charge in [0.15, 0.2) is 0 Å². The molecular weight excluding hydrogens is 250 g/mol. The molecule has 0 aliphatic carbocycles. The van der Waals surface area contributed by atoms with Gasteiger partial charge in [-0.05, 0) is 38.5 Å². The molecule has 1 aromatic heterocycles. The molecule has 18 heavy (non-hydrogen) atoms. The van der Waals surface area contributed by atoms with E-state index in [-0.39, 0.29) is 5.97 Å². The van der Waals surface area contributed by atoms with Gasteiger partial charge < -0.3 is 10.5 Å². The summed E-state index contributed by atoms with van der Waals surface area (Å²) in [5.74, 6) is 0.528. The number of esters is 1. The molecule has 0 spiro atoms. The summed E-state index contributed by atoms with van der Waals surface area (Å²) in [7, 11) is 0. The fourth-order valence-electron chi connectivity index (χ4n) is 1.38. The standard InChI is InChI=1S/C12H19N3O2S/c1-3-17-11(16)12(2,13)6-4-8-18-10-5-7-14-9-15-10/h5,7,9H,3-4,6,8,13H2,1-2H3. The van der Waals surface area contributed by atoms with E-state index in [4.69, 9.17) is 10.5 Å². The number of hydrogen-bond acceptors (Lipinski definition) is 6. The number of carbonyl (C=O) groups is 1. The van der Waals surface area contributed by atoms with Gasteiger partial charge in [0, 0.05) is 6.20 Å². The number of nitrogens with two attached hydrogens (primary N) is 1. The first-order chi connectivity index (χ1) is 8.56. The normalized spacial score (nSPS) is 13.9. The third kappa shape index (κ3) is 5.01. The molecule has 1 rings (SSSR count). The fraction of sp³-hybridized carbons (Fsp3) is 0.583. The van der Waals surface area contributed by atoms with Crippen LogP contribution in [0.3, 0.4) is 0 Å². The molecule has 5 nitrogen and oxygen atoms in total. The van der Waals surface area contributed by atoms with Crippen molar-refractivity contribution in [2.75, 3.05) is 12.4 Å². The van der Waals surface area contributed by atoms with E-state index >= 15 is 0 Å². The Kier molecular flexibility index (Phi) is 6.07. The van der Waals surface area contributed by atoms with Crippen molar-refractivity contribution in [2.24, 2.45) is 5.73 Å². The lowest BCUT2D eigenvalue weighted by Crippen LogP contribution is -2.46. The number of aromatic nitrogens is 2. The van der Waals surface area contributed by atoms with Gasteiger partial charge in [-0.25, -0.2) is 9.97 Å². The molecular formula is C12H19N3O2S. The first kappa shape index (κ1) is 14.9. The van der Waals surface area contributed by atoms with Crippen molar-refractivity contribution in [3.63, 3.8) is 0 Å². The van der Waals surface area contributed by atoms with Crippen LogP contribution in [0, 0.1) is 0 Å². The van der Waals surface area contributed by atoms with Crippen LogP contribution in [-0.4, -0.2) is 33.8 Å². The Bertz CT molecular complexity index is 371. The molecule has 1 heterocycles. The van der Waals surface area contributed by atoms with Gasteiger partial charge in [0.25, 0.3) is 0 Å². The Morgan fingerprint density at radius 1 is 1.61 bits per heavy atom. The Hall–Kier alpha value is -1.14. The zero-order chi connectivity index (χ0) is 13.4. The van der Waals surface area contributed by atoms with Crippen LogP contribution >= 0.6 is 11.8 Å². The van der Waals surface area contributed by atoms with Crippen LogP contribution < -0.4 is 5.73 Å². The molecule has 1 aromatic rings. The smallest absolute Gasteiger partial charge is 0.325 e. The Morgan fingerprint density at radius 2 is 2.39 bits per heavy atom. The summed E-state index contributed by atoms with van der Waals surface area (Å²) in [6, 6.07) is 1.86. The topological polar surface area (TPSA) is 78.1 Å². The van der Waals surface area contributed by atoms with Crippen molar-refractivity contribution in [1.29, 1.82) is 0 Å². The first-order valence-corrected chi connectivity index (χ1v) is 6.89. The van der Waals surface area contributed by atoms with Gasteiger partial charge in [-0.1, -0.05) is 0 Å². The van der Waals surface area contributed by atoms with Crippen LogP contribution in [-0.2, 0) is 9.53 Å². The fourth-order valence-corrected chi connectivity index (χ4v) is 2.15. The molecule has 1 atom stereocenters. The summed E-state index contributed by atoms with van der Waals surface area (Å²) in [4.78, 5) is 19.5. The highest BCUT2D eigenvalue weighted by Crippen LogP contribution is 2.18. The van der Waals surface area contributed by atoms with Crippen LogP contribution in [0.4, 0.5) is 0 Å². The monoisotopic (exact) mass is 269 g/mol.